The van der Waals surface area contributed by atoms with Crippen molar-refractivity contribution in [3.8, 4) is 11.3 Å². The molecule has 3 N–H and O–H groups in total. The van der Waals surface area contributed by atoms with Crippen LogP contribution < -0.4 is 11.1 Å². The number of nitrogens with one attached hydrogen (secondary N) is 1. The van der Waals surface area contributed by atoms with Crippen LogP contribution in [0.4, 0.5) is 4.79 Å². The second-order valence-electron chi connectivity index (χ2n) is 6.72. The van der Waals surface area contributed by atoms with Crippen LogP contribution in [0.15, 0.2) is 53.7 Å². The van der Waals surface area contributed by atoms with Crippen molar-refractivity contribution in [2.45, 2.75) is 32.4 Å². The van der Waals surface area contributed by atoms with Crippen molar-refractivity contribution in [1.29, 1.82) is 0 Å². The molecule has 0 unspecified atom stereocenters. The third-order valence-electron chi connectivity index (χ3n) is 4.69. The average molecular weight is 509 g/mol. The fraction of sp³-hybridized carbons (Fsp3) is 0.381. The van der Waals surface area contributed by atoms with E-state index in [0.29, 0.717) is 32.2 Å². The van der Waals surface area contributed by atoms with Crippen LogP contribution in [-0.4, -0.2) is 47.7 Å². The van der Waals surface area contributed by atoms with E-state index in [1.54, 1.807) is 11.1 Å². The number of pyridine rings is 1. The van der Waals surface area contributed by atoms with Gasteiger partial charge in [0.2, 0.25) is 0 Å². The molecule has 0 aliphatic carbocycles. The minimum Gasteiger partial charge on any atom is -0.450 e. The molecule has 0 radical (unpaired) electrons. The number of carbonyl (C=O) groups is 1. The van der Waals surface area contributed by atoms with Gasteiger partial charge in [-0.15, -0.1) is 24.0 Å². The summed E-state index contributed by atoms with van der Waals surface area (Å²) in [5, 5.41) is 3.26. The molecule has 2 aromatic rings. The van der Waals surface area contributed by atoms with Gasteiger partial charge in [0.1, 0.15) is 0 Å². The summed E-state index contributed by atoms with van der Waals surface area (Å²) in [4.78, 5) is 22.3. The molecule has 0 spiro atoms. The third-order valence-corrected chi connectivity index (χ3v) is 4.69. The van der Waals surface area contributed by atoms with Gasteiger partial charge in [-0.05, 0) is 43.5 Å². The van der Waals surface area contributed by atoms with Crippen LogP contribution in [0, 0.1) is 0 Å². The first-order valence-electron chi connectivity index (χ1n) is 9.64. The summed E-state index contributed by atoms with van der Waals surface area (Å²) < 4.78 is 5.04. The van der Waals surface area contributed by atoms with Crippen LogP contribution in [-0.2, 0) is 11.3 Å². The number of nitrogens with two attached hydrogens (primary N) is 1. The van der Waals surface area contributed by atoms with Crippen LogP contribution in [0.2, 0.25) is 0 Å². The minimum atomic E-state index is -0.240. The van der Waals surface area contributed by atoms with Crippen molar-refractivity contribution in [3.63, 3.8) is 0 Å². The number of aromatic nitrogens is 1. The van der Waals surface area contributed by atoms with Crippen molar-refractivity contribution in [3.05, 3.63) is 54.2 Å². The van der Waals surface area contributed by atoms with Crippen LogP contribution in [0.5, 0.6) is 0 Å². The second kappa shape index (κ2) is 11.6. The fourth-order valence-electron chi connectivity index (χ4n) is 3.21. The monoisotopic (exact) mass is 509 g/mol. The first-order valence-corrected chi connectivity index (χ1v) is 9.64. The van der Waals surface area contributed by atoms with E-state index in [1.165, 1.54) is 0 Å². The number of likely N-dealkylation sites (tertiary alicyclic amines) is 1. The predicted octanol–water partition coefficient (Wildman–Crippen LogP) is 3.39. The zero-order valence-corrected chi connectivity index (χ0v) is 18.9. The number of ether oxygens (including phenoxy) is 1. The van der Waals surface area contributed by atoms with Gasteiger partial charge in [0.05, 0.1) is 18.8 Å². The zero-order chi connectivity index (χ0) is 19.8. The Labute approximate surface area is 188 Å². The lowest BCUT2D eigenvalue weighted by Crippen LogP contribution is -2.48. The molecule has 0 bridgehead atoms. The molecule has 0 atom stereocenters. The van der Waals surface area contributed by atoms with E-state index >= 15 is 0 Å². The molecule has 1 amide bonds. The maximum atomic E-state index is 11.7. The lowest BCUT2D eigenvalue weighted by atomic mass is 10.1. The Balaban J connectivity index is 0.00000300. The summed E-state index contributed by atoms with van der Waals surface area (Å²) in [5.41, 5.74) is 9.14. The summed E-state index contributed by atoms with van der Waals surface area (Å²) in [7, 11) is 0. The first kappa shape index (κ1) is 22.9. The molecule has 1 aliphatic rings. The maximum Gasteiger partial charge on any atom is 0.409 e. The number of rotatable bonds is 5. The number of aliphatic imine (C=N–C) groups is 1. The Morgan fingerprint density at radius 1 is 1.28 bits per heavy atom. The van der Waals surface area contributed by atoms with Gasteiger partial charge in [0.15, 0.2) is 5.96 Å². The Kier molecular flexibility index (Phi) is 9.17. The molecule has 3 rings (SSSR count). The van der Waals surface area contributed by atoms with Crippen LogP contribution in [0.25, 0.3) is 11.3 Å². The summed E-state index contributed by atoms with van der Waals surface area (Å²) in [6.45, 7) is 4.04. The van der Waals surface area contributed by atoms with E-state index in [4.69, 9.17) is 10.5 Å². The normalized spacial score (nSPS) is 14.8. The van der Waals surface area contributed by atoms with Gasteiger partial charge >= 0.3 is 6.09 Å². The van der Waals surface area contributed by atoms with Gasteiger partial charge in [-0.3, -0.25) is 4.98 Å². The number of nitrogens with zero attached hydrogens (tertiary/aromatic N) is 3. The van der Waals surface area contributed by atoms with Crippen molar-refractivity contribution < 1.29 is 9.53 Å². The molecule has 8 heteroatoms. The number of hydrogen-bond donors (Lipinski definition) is 2. The average Bonchev–Trinajstić information content (AvgIpc) is 2.74. The van der Waals surface area contributed by atoms with E-state index in [-0.39, 0.29) is 36.1 Å². The Morgan fingerprint density at radius 2 is 2.07 bits per heavy atom. The highest BCUT2D eigenvalue weighted by Gasteiger charge is 2.23. The van der Waals surface area contributed by atoms with Gasteiger partial charge in [-0.1, -0.05) is 24.3 Å². The highest BCUT2D eigenvalue weighted by Crippen LogP contribution is 2.18. The number of hydrogen-bond acceptors (Lipinski definition) is 4. The molecule has 29 heavy (non-hydrogen) atoms. The van der Waals surface area contributed by atoms with E-state index in [2.05, 4.69) is 21.4 Å². The maximum absolute atomic E-state index is 11.7. The molecule has 1 saturated heterocycles. The van der Waals surface area contributed by atoms with Gasteiger partial charge in [-0.2, -0.15) is 0 Å². The van der Waals surface area contributed by atoms with Crippen molar-refractivity contribution in [2.24, 2.45) is 10.7 Å². The predicted molar refractivity (Wildman–Crippen MR) is 125 cm³/mol. The van der Waals surface area contributed by atoms with E-state index in [0.717, 1.165) is 29.7 Å². The summed E-state index contributed by atoms with van der Waals surface area (Å²) in [6.07, 6.45) is 3.19. The smallest absolute Gasteiger partial charge is 0.409 e. The summed E-state index contributed by atoms with van der Waals surface area (Å²) in [5.74, 6) is 0.429. The highest BCUT2D eigenvalue weighted by molar-refractivity contribution is 14.0. The van der Waals surface area contributed by atoms with Gasteiger partial charge in [-0.25, -0.2) is 9.79 Å². The minimum absolute atomic E-state index is 0. The lowest BCUT2D eigenvalue weighted by molar-refractivity contribution is 0.0963. The SMILES string of the molecule is CCOC(=O)N1CCC(NC(N)=NCc2cccc(-c3ccccn3)c2)CC1.I. The first-order chi connectivity index (χ1) is 13.7. The topological polar surface area (TPSA) is 92.8 Å². The molecule has 0 saturated carbocycles. The molecule has 7 nitrogen and oxygen atoms in total. The number of carbonyl (C=O) groups excluding carboxylic acids is 1. The summed E-state index contributed by atoms with van der Waals surface area (Å²) >= 11 is 0. The molecule has 1 aliphatic heterocycles. The molecule has 1 aromatic carbocycles. The molecular formula is C21H28IN5O2. The lowest BCUT2D eigenvalue weighted by Gasteiger charge is -2.31. The van der Waals surface area contributed by atoms with Gasteiger partial charge in [0.25, 0.3) is 0 Å². The largest absolute Gasteiger partial charge is 0.450 e. The van der Waals surface area contributed by atoms with E-state index in [1.807, 2.05) is 43.3 Å². The number of halogens is 1. The number of piperidine rings is 1. The molecule has 1 aromatic heterocycles. The molecule has 2 heterocycles. The van der Waals surface area contributed by atoms with Gasteiger partial charge in [0, 0.05) is 30.9 Å². The molecule has 156 valence electrons. The molecule has 1 fully saturated rings. The summed E-state index contributed by atoms with van der Waals surface area (Å²) in [6, 6.07) is 14.2. The van der Waals surface area contributed by atoms with Crippen molar-refractivity contribution in [2.75, 3.05) is 19.7 Å². The molecular weight excluding hydrogens is 481 g/mol. The van der Waals surface area contributed by atoms with Crippen LogP contribution in [0.1, 0.15) is 25.3 Å². The van der Waals surface area contributed by atoms with Crippen LogP contribution >= 0.6 is 24.0 Å². The third kappa shape index (κ3) is 6.88. The van der Waals surface area contributed by atoms with E-state index in [9.17, 15) is 4.79 Å². The fourth-order valence-corrected chi connectivity index (χ4v) is 3.21. The number of guanidine groups is 1. The second-order valence-corrected chi connectivity index (χ2v) is 6.72. The van der Waals surface area contributed by atoms with E-state index < -0.39 is 0 Å². The Bertz CT molecular complexity index is 808. The van der Waals surface area contributed by atoms with Crippen LogP contribution in [0.3, 0.4) is 0 Å². The standard InChI is InChI=1S/C21H27N5O2.HI/c1-2-28-21(27)26-12-9-18(10-13-26)25-20(22)24-15-16-6-5-7-17(14-16)19-8-3-4-11-23-19;/h3-8,11,14,18H,2,9-10,12-13,15H2,1H3,(H3,22,24,25);1H. The van der Waals surface area contributed by atoms with Gasteiger partial charge < -0.3 is 20.7 Å². The quantitative estimate of drug-likeness (QED) is 0.366. The van der Waals surface area contributed by atoms with Crippen molar-refractivity contribution in [1.82, 2.24) is 15.2 Å². The highest BCUT2D eigenvalue weighted by atomic mass is 127. The number of amides is 1. The van der Waals surface area contributed by atoms with Crippen molar-refractivity contribution >= 4 is 36.0 Å². The Morgan fingerprint density at radius 3 is 2.76 bits per heavy atom. The zero-order valence-electron chi connectivity index (χ0n) is 16.6. The Hall–Kier alpha value is -2.36. The number of benzene rings is 1.